The fourth-order valence-corrected chi connectivity index (χ4v) is 3.88. The highest BCUT2D eigenvalue weighted by molar-refractivity contribution is 6.30. The number of aromatic nitrogens is 2. The monoisotopic (exact) mass is 450 g/mol. The maximum absolute atomic E-state index is 14.0. The maximum Gasteiger partial charge on any atom is 0.437 e. The Bertz CT molecular complexity index is 1180. The number of carbonyl (C=O) groups is 2. The van der Waals surface area contributed by atoms with Crippen LogP contribution in [0, 0.1) is 5.92 Å². The summed E-state index contributed by atoms with van der Waals surface area (Å²) in [5.41, 5.74) is -3.61. The number of hydrogen-bond donors (Lipinski definition) is 3. The summed E-state index contributed by atoms with van der Waals surface area (Å²) in [4.78, 5) is 33.2. The summed E-state index contributed by atoms with van der Waals surface area (Å²) in [6.07, 6.45) is -2.95. The predicted octanol–water partition coefficient (Wildman–Crippen LogP) is 3.39. The summed E-state index contributed by atoms with van der Waals surface area (Å²) in [5, 5.41) is 14.7. The van der Waals surface area contributed by atoms with E-state index >= 15 is 0 Å². The Morgan fingerprint density at radius 3 is 2.61 bits per heavy atom. The Balaban J connectivity index is 1.93. The van der Waals surface area contributed by atoms with Gasteiger partial charge in [-0.3, -0.25) is 9.78 Å². The lowest BCUT2D eigenvalue weighted by Gasteiger charge is -2.45. The van der Waals surface area contributed by atoms with Crippen molar-refractivity contribution in [3.63, 3.8) is 0 Å². The minimum atomic E-state index is -5.37. The molecule has 0 spiro atoms. The fraction of sp³-hybridized carbons (Fsp3) is 0.200. The second-order valence-electron chi connectivity index (χ2n) is 6.99. The number of alkyl halides is 3. The lowest BCUT2D eigenvalue weighted by atomic mass is 9.77. The van der Waals surface area contributed by atoms with Crippen molar-refractivity contribution < 1.29 is 27.9 Å². The number of ketones is 1. The zero-order chi connectivity index (χ0) is 22.4. The van der Waals surface area contributed by atoms with Crippen LogP contribution in [0.15, 0.2) is 54.9 Å². The van der Waals surface area contributed by atoms with Gasteiger partial charge in [0.15, 0.2) is 5.78 Å². The normalized spacial score (nSPS) is 23.8. The first kappa shape index (κ1) is 21.0. The number of benzene rings is 1. The van der Waals surface area contributed by atoms with Crippen molar-refractivity contribution in [3.05, 3.63) is 71.1 Å². The van der Waals surface area contributed by atoms with E-state index in [0.29, 0.717) is 10.9 Å². The van der Waals surface area contributed by atoms with E-state index in [1.165, 1.54) is 29.7 Å². The molecule has 0 radical (unpaired) electrons. The number of pyridine rings is 2. The number of aliphatic hydroxyl groups is 1. The molecule has 31 heavy (non-hydrogen) atoms. The van der Waals surface area contributed by atoms with Crippen LogP contribution in [0.1, 0.15) is 22.0 Å². The number of carbonyl (C=O) groups excluding carboxylic acids is 2. The van der Waals surface area contributed by atoms with E-state index in [-0.39, 0.29) is 16.3 Å². The van der Waals surface area contributed by atoms with Crippen LogP contribution in [-0.2, 0) is 0 Å². The molecule has 2 aromatic heterocycles. The summed E-state index contributed by atoms with van der Waals surface area (Å²) < 4.78 is 41.9. The highest BCUT2D eigenvalue weighted by atomic mass is 35.5. The molecule has 3 heterocycles. The van der Waals surface area contributed by atoms with E-state index in [0.717, 1.165) is 6.20 Å². The molecule has 0 bridgehead atoms. The molecule has 0 saturated carbocycles. The number of nitrogens with one attached hydrogen (secondary N) is 2. The Labute approximate surface area is 178 Å². The number of para-hydroxylation sites is 1. The quantitative estimate of drug-likeness (QED) is 0.419. The van der Waals surface area contributed by atoms with Crippen molar-refractivity contribution in [2.45, 2.75) is 17.9 Å². The number of rotatable bonds is 3. The van der Waals surface area contributed by atoms with Crippen LogP contribution in [0.25, 0.3) is 10.9 Å². The van der Waals surface area contributed by atoms with E-state index in [1.54, 1.807) is 24.3 Å². The molecule has 1 fully saturated rings. The van der Waals surface area contributed by atoms with Crippen molar-refractivity contribution in [2.24, 2.45) is 5.92 Å². The highest BCUT2D eigenvalue weighted by Crippen LogP contribution is 2.45. The van der Waals surface area contributed by atoms with Crippen molar-refractivity contribution in [1.29, 1.82) is 0 Å². The molecule has 1 aliphatic heterocycles. The third kappa shape index (κ3) is 3.57. The third-order valence-corrected chi connectivity index (χ3v) is 5.38. The zero-order valence-corrected chi connectivity index (χ0v) is 16.3. The van der Waals surface area contributed by atoms with Crippen LogP contribution in [-0.4, -0.2) is 38.8 Å². The topological polar surface area (TPSA) is 104 Å². The average molecular weight is 451 g/mol. The van der Waals surface area contributed by atoms with Crippen molar-refractivity contribution in [1.82, 2.24) is 20.6 Å². The Morgan fingerprint density at radius 1 is 1.19 bits per heavy atom. The first-order chi connectivity index (χ1) is 14.6. The third-order valence-electron chi connectivity index (χ3n) is 5.07. The summed E-state index contributed by atoms with van der Waals surface area (Å²) >= 11 is 6.24. The van der Waals surface area contributed by atoms with Crippen LogP contribution >= 0.6 is 11.6 Å². The molecule has 0 unspecified atom stereocenters. The lowest BCUT2D eigenvalue weighted by Crippen LogP contribution is -2.72. The second-order valence-corrected chi connectivity index (χ2v) is 7.34. The summed E-state index contributed by atoms with van der Waals surface area (Å²) in [6, 6.07) is 7.81. The minimum absolute atomic E-state index is 0.0415. The molecule has 3 atom stereocenters. The second kappa shape index (κ2) is 7.47. The number of fused-ring (bicyclic) bond motifs is 1. The molecule has 1 aromatic carbocycles. The van der Waals surface area contributed by atoms with Gasteiger partial charge in [0.1, 0.15) is 11.1 Å². The molecular weight excluding hydrogens is 437 g/mol. The number of Topliss-reactive ketones (excluding diaryl/α,β-unsaturated/α-hetero) is 1. The lowest BCUT2D eigenvalue weighted by molar-refractivity contribution is -0.287. The zero-order valence-electron chi connectivity index (χ0n) is 15.5. The molecule has 0 aliphatic carbocycles. The SMILES string of the molecule is O=C1N[C@H](c2cc3ccccc3nc2Cl)[C@H](C(=O)c2cccnc2)[C@@](O)(C(F)(F)F)N1. The fourth-order valence-electron chi connectivity index (χ4n) is 3.61. The number of urea groups is 1. The van der Waals surface area contributed by atoms with Crippen LogP contribution in [0.5, 0.6) is 0 Å². The van der Waals surface area contributed by atoms with Gasteiger partial charge in [-0.15, -0.1) is 0 Å². The molecule has 2 amide bonds. The van der Waals surface area contributed by atoms with Gasteiger partial charge in [0.25, 0.3) is 0 Å². The maximum atomic E-state index is 14.0. The summed E-state index contributed by atoms with van der Waals surface area (Å²) in [7, 11) is 0. The number of hydrogen-bond acceptors (Lipinski definition) is 5. The highest BCUT2D eigenvalue weighted by Gasteiger charge is 2.66. The van der Waals surface area contributed by atoms with Gasteiger partial charge in [-0.2, -0.15) is 13.2 Å². The van der Waals surface area contributed by atoms with E-state index < -0.39 is 35.7 Å². The van der Waals surface area contributed by atoms with E-state index in [4.69, 9.17) is 11.6 Å². The molecule has 3 N–H and O–H groups in total. The molecule has 11 heteroatoms. The first-order valence-corrected chi connectivity index (χ1v) is 9.37. The van der Waals surface area contributed by atoms with Gasteiger partial charge in [0, 0.05) is 28.9 Å². The standard InChI is InChI=1S/C20H14ClF3N4O3/c21-17-12(8-10-4-1-2-6-13(10)26-17)15-14(16(29)11-5-3-7-25-9-11)19(31,20(22,23)24)28-18(30)27-15/h1-9,14-15,31H,(H2,27,28,30)/t14-,15-,19-/m1/s1. The molecule has 1 aliphatic rings. The van der Waals surface area contributed by atoms with Gasteiger partial charge in [0.2, 0.25) is 5.72 Å². The van der Waals surface area contributed by atoms with Crippen LogP contribution < -0.4 is 10.6 Å². The molecular formula is C20H14ClF3N4O3. The number of amides is 2. The Hall–Kier alpha value is -3.24. The Morgan fingerprint density at radius 2 is 1.94 bits per heavy atom. The van der Waals surface area contributed by atoms with E-state index in [9.17, 15) is 27.9 Å². The van der Waals surface area contributed by atoms with Gasteiger partial charge < -0.3 is 15.7 Å². The van der Waals surface area contributed by atoms with Crippen LogP contribution in [0.2, 0.25) is 5.15 Å². The first-order valence-electron chi connectivity index (χ1n) is 8.99. The number of halogens is 4. The van der Waals surface area contributed by atoms with Crippen molar-refractivity contribution in [3.8, 4) is 0 Å². The summed E-state index contributed by atoms with van der Waals surface area (Å²) in [6.45, 7) is 0. The summed E-state index contributed by atoms with van der Waals surface area (Å²) in [5.74, 6) is -3.30. The van der Waals surface area contributed by atoms with Gasteiger partial charge >= 0.3 is 12.2 Å². The van der Waals surface area contributed by atoms with Gasteiger partial charge in [0.05, 0.1) is 11.6 Å². The van der Waals surface area contributed by atoms with Crippen molar-refractivity contribution >= 4 is 34.3 Å². The molecule has 1 saturated heterocycles. The van der Waals surface area contributed by atoms with Crippen LogP contribution in [0.3, 0.4) is 0 Å². The molecule has 4 rings (SSSR count). The Kier molecular flexibility index (Phi) is 5.06. The van der Waals surface area contributed by atoms with Crippen molar-refractivity contribution in [2.75, 3.05) is 0 Å². The molecule has 7 nitrogen and oxygen atoms in total. The van der Waals surface area contributed by atoms with Gasteiger partial charge in [-0.05, 0) is 24.3 Å². The largest absolute Gasteiger partial charge is 0.437 e. The number of nitrogens with zero attached hydrogens (tertiary/aromatic N) is 2. The molecule has 3 aromatic rings. The minimum Gasteiger partial charge on any atom is -0.363 e. The van der Waals surface area contributed by atoms with Gasteiger partial charge in [-0.1, -0.05) is 29.8 Å². The van der Waals surface area contributed by atoms with E-state index in [2.05, 4.69) is 15.3 Å². The predicted molar refractivity (Wildman–Crippen MR) is 104 cm³/mol. The average Bonchev–Trinajstić information content (AvgIpc) is 2.72. The van der Waals surface area contributed by atoms with Gasteiger partial charge in [-0.25, -0.2) is 9.78 Å². The smallest absolute Gasteiger partial charge is 0.363 e. The van der Waals surface area contributed by atoms with E-state index in [1.807, 2.05) is 0 Å². The molecule has 160 valence electrons. The van der Waals surface area contributed by atoms with Crippen LogP contribution in [0.4, 0.5) is 18.0 Å².